The Morgan fingerprint density at radius 2 is 2.27 bits per heavy atom. The normalized spacial score (nSPS) is 15.7. The third-order valence-electron chi connectivity index (χ3n) is 2.63. The Kier molecular flexibility index (Phi) is 2.23. The minimum atomic E-state index is -0.164. The maximum absolute atomic E-state index is 11.3. The Bertz CT molecular complexity index is 483. The average molecular weight is 200 g/mol. The van der Waals surface area contributed by atoms with E-state index in [4.69, 9.17) is 1.37 Å². The number of rotatable bonds is 2. The van der Waals surface area contributed by atoms with Crippen LogP contribution in [0.15, 0.2) is 41.5 Å². The first-order chi connectivity index (χ1) is 7.70. The molecule has 2 rings (SSSR count). The highest BCUT2D eigenvalue weighted by Gasteiger charge is 2.10. The van der Waals surface area contributed by atoms with Gasteiger partial charge in [0.15, 0.2) is 5.78 Å². The van der Waals surface area contributed by atoms with Crippen molar-refractivity contribution in [2.45, 2.75) is 20.2 Å². The molecular weight excluding hydrogens is 184 g/mol. The van der Waals surface area contributed by atoms with Gasteiger partial charge in [-0.25, -0.2) is 0 Å². The highest BCUT2D eigenvalue weighted by atomic mass is 16.1. The third-order valence-corrected chi connectivity index (χ3v) is 2.63. The van der Waals surface area contributed by atoms with Gasteiger partial charge in [0, 0.05) is 1.37 Å². The van der Waals surface area contributed by atoms with Crippen molar-refractivity contribution in [1.82, 2.24) is 0 Å². The number of ketones is 1. The standard InChI is InChI=1S/C14H14O/c1-10(11(2)15)7-12-8-13-5-3-4-6-14(13)9-12/h3-8H,9H2,1-2H3/b10-7+/i2T. The van der Waals surface area contributed by atoms with Crippen LogP contribution in [0.5, 0.6) is 0 Å². The molecule has 0 heterocycles. The van der Waals surface area contributed by atoms with E-state index in [0.717, 1.165) is 12.0 Å². The van der Waals surface area contributed by atoms with Crippen LogP contribution in [0.2, 0.25) is 0 Å². The number of carbonyl (C=O) groups excluding carboxylic acids is 1. The van der Waals surface area contributed by atoms with E-state index in [0.29, 0.717) is 5.57 Å². The summed E-state index contributed by atoms with van der Waals surface area (Å²) in [4.78, 5) is 11.3. The van der Waals surface area contributed by atoms with Crippen molar-refractivity contribution in [3.63, 3.8) is 0 Å². The molecule has 1 aliphatic carbocycles. The topological polar surface area (TPSA) is 17.1 Å². The molecule has 0 aromatic heterocycles. The minimum absolute atomic E-state index is 0.100. The largest absolute Gasteiger partial charge is 0.295 e. The highest BCUT2D eigenvalue weighted by Crippen LogP contribution is 2.25. The van der Waals surface area contributed by atoms with Crippen molar-refractivity contribution >= 4 is 11.9 Å². The van der Waals surface area contributed by atoms with Crippen molar-refractivity contribution in [2.24, 2.45) is 0 Å². The molecule has 0 saturated carbocycles. The second kappa shape index (κ2) is 3.85. The van der Waals surface area contributed by atoms with Crippen LogP contribution < -0.4 is 0 Å². The Labute approximate surface area is 91.5 Å². The molecular formula is C14H14O. The fraction of sp³-hybridized carbons (Fsp3) is 0.214. The molecule has 1 aliphatic rings. The molecule has 0 radical (unpaired) electrons. The quantitative estimate of drug-likeness (QED) is 0.670. The number of carbonyl (C=O) groups is 1. The first-order valence-corrected chi connectivity index (χ1v) is 5.00. The summed E-state index contributed by atoms with van der Waals surface area (Å²) in [6.45, 7) is 1.61. The maximum Gasteiger partial charge on any atom is 0.155 e. The van der Waals surface area contributed by atoms with Crippen LogP contribution in [0.3, 0.4) is 0 Å². The smallest absolute Gasteiger partial charge is 0.155 e. The zero-order valence-corrected chi connectivity index (χ0v) is 8.79. The SMILES string of the molecule is [3H]CC(=O)/C(C)=C/C1=Cc2ccccc2C1. The fourth-order valence-electron chi connectivity index (χ4n) is 1.76. The van der Waals surface area contributed by atoms with Gasteiger partial charge in [-0.15, -0.1) is 0 Å². The van der Waals surface area contributed by atoms with E-state index in [1.165, 1.54) is 11.1 Å². The number of fused-ring (bicyclic) bond motifs is 1. The van der Waals surface area contributed by atoms with E-state index in [1.807, 2.05) is 18.2 Å². The van der Waals surface area contributed by atoms with Crippen molar-refractivity contribution in [3.05, 3.63) is 52.6 Å². The average Bonchev–Trinajstić information content (AvgIpc) is 2.69. The lowest BCUT2D eigenvalue weighted by molar-refractivity contribution is -0.113. The van der Waals surface area contributed by atoms with E-state index in [9.17, 15) is 4.79 Å². The van der Waals surface area contributed by atoms with Crippen LogP contribution in [0.4, 0.5) is 0 Å². The molecule has 1 nitrogen and oxygen atoms in total. The van der Waals surface area contributed by atoms with E-state index >= 15 is 0 Å². The predicted octanol–water partition coefficient (Wildman–Crippen LogP) is 3.16. The van der Waals surface area contributed by atoms with Gasteiger partial charge in [-0.3, -0.25) is 4.79 Å². The van der Waals surface area contributed by atoms with Crippen LogP contribution in [0.1, 0.15) is 26.3 Å². The van der Waals surface area contributed by atoms with Gasteiger partial charge in [0.05, 0.1) is 0 Å². The van der Waals surface area contributed by atoms with E-state index < -0.39 is 0 Å². The van der Waals surface area contributed by atoms with E-state index in [-0.39, 0.29) is 12.7 Å². The molecule has 0 N–H and O–H groups in total. The van der Waals surface area contributed by atoms with Crippen LogP contribution in [-0.4, -0.2) is 5.78 Å². The number of Topliss-reactive ketones (excluding diaryl/α,β-unsaturated/α-hetero) is 1. The summed E-state index contributed by atoms with van der Waals surface area (Å²) in [6, 6.07) is 8.23. The van der Waals surface area contributed by atoms with Gasteiger partial charge in [0.2, 0.25) is 0 Å². The zero-order valence-electron chi connectivity index (χ0n) is 9.79. The molecule has 15 heavy (non-hydrogen) atoms. The number of hydrogen-bond acceptors (Lipinski definition) is 1. The van der Waals surface area contributed by atoms with Gasteiger partial charge >= 0.3 is 0 Å². The van der Waals surface area contributed by atoms with Crippen molar-refractivity contribution in [1.29, 1.82) is 0 Å². The molecule has 1 heteroatoms. The second-order valence-corrected chi connectivity index (χ2v) is 3.85. The Morgan fingerprint density at radius 3 is 3.00 bits per heavy atom. The minimum Gasteiger partial charge on any atom is -0.295 e. The summed E-state index contributed by atoms with van der Waals surface area (Å²) in [5, 5.41) is 0. The lowest BCUT2D eigenvalue weighted by Gasteiger charge is -1.97. The second-order valence-electron chi connectivity index (χ2n) is 3.85. The molecule has 0 aliphatic heterocycles. The van der Waals surface area contributed by atoms with Crippen LogP contribution in [0.25, 0.3) is 6.08 Å². The lowest BCUT2D eigenvalue weighted by atomic mass is 10.1. The van der Waals surface area contributed by atoms with Gasteiger partial charge in [-0.1, -0.05) is 36.4 Å². The Balaban J connectivity index is 2.20. The van der Waals surface area contributed by atoms with Gasteiger partial charge in [0.25, 0.3) is 0 Å². The number of benzene rings is 1. The molecule has 0 atom stereocenters. The van der Waals surface area contributed by atoms with Crippen LogP contribution >= 0.6 is 0 Å². The van der Waals surface area contributed by atoms with E-state index in [2.05, 4.69) is 18.2 Å². The summed E-state index contributed by atoms with van der Waals surface area (Å²) in [6.07, 6.45) is 4.89. The molecule has 0 fully saturated rings. The number of hydrogen-bond donors (Lipinski definition) is 0. The zero-order chi connectivity index (χ0) is 11.5. The maximum atomic E-state index is 11.3. The molecule has 1 aromatic carbocycles. The van der Waals surface area contributed by atoms with Crippen LogP contribution in [0, 0.1) is 0 Å². The summed E-state index contributed by atoms with van der Waals surface area (Å²) < 4.78 is 7.03. The summed E-state index contributed by atoms with van der Waals surface area (Å²) in [5.74, 6) is -0.100. The van der Waals surface area contributed by atoms with Gasteiger partial charge in [0.1, 0.15) is 0 Å². The number of allylic oxidation sites excluding steroid dienone is 3. The lowest BCUT2D eigenvalue weighted by Crippen LogP contribution is -1.92. The van der Waals surface area contributed by atoms with Crippen molar-refractivity contribution in [2.75, 3.05) is 0 Å². The molecule has 0 unspecified atom stereocenters. The third kappa shape index (κ3) is 2.07. The first-order valence-electron chi connectivity index (χ1n) is 5.70. The molecule has 0 bridgehead atoms. The molecule has 76 valence electrons. The molecule has 0 saturated heterocycles. The van der Waals surface area contributed by atoms with Gasteiger partial charge in [-0.05, 0) is 42.5 Å². The summed E-state index contributed by atoms with van der Waals surface area (Å²) >= 11 is 0. The molecule has 0 spiro atoms. The summed E-state index contributed by atoms with van der Waals surface area (Å²) in [5.41, 5.74) is 4.37. The predicted molar refractivity (Wildman–Crippen MR) is 62.6 cm³/mol. The highest BCUT2D eigenvalue weighted by molar-refractivity contribution is 5.93. The van der Waals surface area contributed by atoms with Gasteiger partial charge < -0.3 is 0 Å². The molecule has 1 aromatic rings. The first kappa shape index (κ1) is 8.66. The fourth-order valence-corrected chi connectivity index (χ4v) is 1.76. The molecule has 0 amide bonds. The monoisotopic (exact) mass is 200 g/mol. The van der Waals surface area contributed by atoms with E-state index in [1.54, 1.807) is 6.92 Å². The Hall–Kier alpha value is -1.63. The van der Waals surface area contributed by atoms with Gasteiger partial charge in [-0.2, -0.15) is 0 Å². The van der Waals surface area contributed by atoms with Crippen molar-refractivity contribution in [3.8, 4) is 0 Å². The van der Waals surface area contributed by atoms with Crippen LogP contribution in [-0.2, 0) is 11.2 Å². The summed E-state index contributed by atoms with van der Waals surface area (Å²) in [7, 11) is 0. The van der Waals surface area contributed by atoms with Crippen molar-refractivity contribution < 1.29 is 6.17 Å². The Morgan fingerprint density at radius 1 is 1.47 bits per heavy atom.